The van der Waals surface area contributed by atoms with Crippen molar-refractivity contribution in [3.8, 4) is 33.4 Å². The van der Waals surface area contributed by atoms with Crippen LogP contribution >= 0.6 is 0 Å². The highest BCUT2D eigenvalue weighted by atomic mass is 19.1. The van der Waals surface area contributed by atoms with E-state index >= 15 is 0 Å². The van der Waals surface area contributed by atoms with Crippen LogP contribution in [-0.2, 0) is 0 Å². The molecule has 0 fully saturated rings. The Morgan fingerprint density at radius 2 is 1.03 bits per heavy atom. The van der Waals surface area contributed by atoms with Crippen LogP contribution in [0.2, 0.25) is 0 Å². The highest BCUT2D eigenvalue weighted by Gasteiger charge is 2.07. The summed E-state index contributed by atoms with van der Waals surface area (Å²) in [5.41, 5.74) is 7.74. The van der Waals surface area contributed by atoms with Gasteiger partial charge in [-0.1, -0.05) is 84.9 Å². The number of aromatic nitrogens is 1. The summed E-state index contributed by atoms with van der Waals surface area (Å²) >= 11 is 0. The van der Waals surface area contributed by atoms with Crippen LogP contribution in [0.25, 0.3) is 55.1 Å². The fraction of sp³-hybridized carbons (Fsp3) is 0. The van der Waals surface area contributed by atoms with Gasteiger partial charge in [-0.25, -0.2) is 4.39 Å². The van der Waals surface area contributed by atoms with Crippen LogP contribution in [0.1, 0.15) is 0 Å². The van der Waals surface area contributed by atoms with Gasteiger partial charge in [0.2, 0.25) is 0 Å². The van der Waals surface area contributed by atoms with Gasteiger partial charge in [-0.15, -0.1) is 0 Å². The minimum Gasteiger partial charge on any atom is -0.256 e. The molecule has 0 aliphatic carbocycles. The summed E-state index contributed by atoms with van der Waals surface area (Å²) < 4.78 is 13.3. The molecule has 6 rings (SSSR count). The smallest absolute Gasteiger partial charge is 0.123 e. The molecule has 0 saturated heterocycles. The lowest BCUT2D eigenvalue weighted by atomic mass is 9.96. The molecule has 0 saturated carbocycles. The van der Waals surface area contributed by atoms with E-state index in [9.17, 15) is 4.39 Å². The summed E-state index contributed by atoms with van der Waals surface area (Å²) in [6.07, 6.45) is 1.84. The quantitative estimate of drug-likeness (QED) is 0.277. The van der Waals surface area contributed by atoms with Crippen molar-refractivity contribution in [2.45, 2.75) is 0 Å². The molecule has 0 aliphatic rings. The average Bonchev–Trinajstić information content (AvgIpc) is 2.88. The van der Waals surface area contributed by atoms with Gasteiger partial charge in [0.15, 0.2) is 0 Å². The Morgan fingerprint density at radius 1 is 0.455 bits per heavy atom. The van der Waals surface area contributed by atoms with E-state index in [1.807, 2.05) is 24.4 Å². The van der Waals surface area contributed by atoms with Gasteiger partial charge < -0.3 is 0 Å². The van der Waals surface area contributed by atoms with Gasteiger partial charge in [0.1, 0.15) is 5.82 Å². The second-order valence-corrected chi connectivity index (χ2v) is 8.24. The maximum absolute atomic E-state index is 13.3. The lowest BCUT2D eigenvalue weighted by Gasteiger charge is -2.09. The van der Waals surface area contributed by atoms with E-state index in [1.165, 1.54) is 28.6 Å². The van der Waals surface area contributed by atoms with E-state index in [0.717, 1.165) is 38.5 Å². The van der Waals surface area contributed by atoms with Crippen molar-refractivity contribution in [1.82, 2.24) is 4.98 Å². The van der Waals surface area contributed by atoms with Crippen molar-refractivity contribution in [2.75, 3.05) is 0 Å². The molecule has 0 aliphatic heterocycles. The van der Waals surface area contributed by atoms with Gasteiger partial charge in [0.25, 0.3) is 0 Å². The minimum atomic E-state index is -0.218. The van der Waals surface area contributed by atoms with Crippen LogP contribution in [0.3, 0.4) is 0 Å². The first-order chi connectivity index (χ1) is 16.2. The first-order valence-corrected chi connectivity index (χ1v) is 11.0. The van der Waals surface area contributed by atoms with E-state index in [-0.39, 0.29) is 5.82 Å². The van der Waals surface area contributed by atoms with Crippen LogP contribution in [0, 0.1) is 5.82 Å². The zero-order chi connectivity index (χ0) is 22.2. The summed E-state index contributed by atoms with van der Waals surface area (Å²) in [4.78, 5) is 4.59. The number of para-hydroxylation sites is 1. The first kappa shape index (κ1) is 19.4. The summed E-state index contributed by atoms with van der Waals surface area (Å²) in [5.74, 6) is -0.218. The van der Waals surface area contributed by atoms with Crippen molar-refractivity contribution in [1.29, 1.82) is 0 Å². The fourth-order valence-corrected chi connectivity index (χ4v) is 4.43. The molecule has 156 valence electrons. The third-order valence-electron chi connectivity index (χ3n) is 6.18. The zero-order valence-electron chi connectivity index (χ0n) is 17.9. The first-order valence-electron chi connectivity index (χ1n) is 11.0. The maximum Gasteiger partial charge on any atom is 0.123 e. The molecule has 5 aromatic carbocycles. The Morgan fingerprint density at radius 3 is 1.73 bits per heavy atom. The average molecular weight is 426 g/mol. The highest BCUT2D eigenvalue weighted by molar-refractivity contribution is 5.94. The standard InChI is InChI=1S/C31H20FN/c32-29-16-14-22(15-17-29)27-13-9-23-8-12-26(19-28(23)20-27)21-6-10-24(11-7-21)30-5-1-3-25-4-2-18-33-31(25)30/h1-20H. The van der Waals surface area contributed by atoms with Crippen LogP contribution in [0.4, 0.5) is 4.39 Å². The predicted octanol–water partition coefficient (Wildman–Crippen LogP) is 8.53. The number of rotatable bonds is 3. The molecule has 2 heteroatoms. The Labute approximate surface area is 191 Å². The predicted molar refractivity (Wildman–Crippen MR) is 136 cm³/mol. The van der Waals surface area contributed by atoms with Gasteiger partial charge in [-0.3, -0.25) is 4.98 Å². The molecule has 6 aromatic rings. The van der Waals surface area contributed by atoms with E-state index in [2.05, 4.69) is 89.9 Å². The van der Waals surface area contributed by atoms with E-state index in [4.69, 9.17) is 0 Å². The van der Waals surface area contributed by atoms with Gasteiger partial charge in [-0.2, -0.15) is 0 Å². The molecule has 0 amide bonds. The van der Waals surface area contributed by atoms with E-state index in [1.54, 1.807) is 0 Å². The molecule has 1 aromatic heterocycles. The number of fused-ring (bicyclic) bond motifs is 2. The second kappa shape index (κ2) is 7.99. The van der Waals surface area contributed by atoms with Gasteiger partial charge in [0.05, 0.1) is 5.52 Å². The van der Waals surface area contributed by atoms with Crippen LogP contribution in [0.5, 0.6) is 0 Å². The summed E-state index contributed by atoms with van der Waals surface area (Å²) in [6.45, 7) is 0. The molecule has 0 spiro atoms. The van der Waals surface area contributed by atoms with Crippen LogP contribution in [-0.4, -0.2) is 4.98 Å². The van der Waals surface area contributed by atoms with E-state index < -0.39 is 0 Å². The minimum absolute atomic E-state index is 0.218. The highest BCUT2D eigenvalue weighted by Crippen LogP contribution is 2.32. The number of hydrogen-bond acceptors (Lipinski definition) is 1. The largest absolute Gasteiger partial charge is 0.256 e. The molecule has 0 unspecified atom stereocenters. The van der Waals surface area contributed by atoms with Crippen LogP contribution in [0.15, 0.2) is 121 Å². The monoisotopic (exact) mass is 425 g/mol. The Balaban J connectivity index is 1.37. The molecule has 0 radical (unpaired) electrons. The molecular formula is C31H20FN. The third-order valence-corrected chi connectivity index (χ3v) is 6.18. The second-order valence-electron chi connectivity index (χ2n) is 8.24. The number of nitrogens with zero attached hydrogens (tertiary/aromatic N) is 1. The number of halogens is 1. The normalized spacial score (nSPS) is 11.2. The third kappa shape index (κ3) is 3.66. The van der Waals surface area contributed by atoms with Gasteiger partial charge in [0, 0.05) is 17.1 Å². The van der Waals surface area contributed by atoms with Crippen molar-refractivity contribution in [3.05, 3.63) is 127 Å². The van der Waals surface area contributed by atoms with Crippen LogP contribution < -0.4 is 0 Å². The van der Waals surface area contributed by atoms with E-state index in [0.29, 0.717) is 0 Å². The molecule has 0 bridgehead atoms. The Kier molecular flexibility index (Phi) is 4.70. The lowest BCUT2D eigenvalue weighted by Crippen LogP contribution is -1.85. The molecule has 0 atom stereocenters. The number of pyridine rings is 1. The molecule has 1 heterocycles. The maximum atomic E-state index is 13.3. The zero-order valence-corrected chi connectivity index (χ0v) is 17.9. The number of benzene rings is 5. The van der Waals surface area contributed by atoms with Crippen molar-refractivity contribution < 1.29 is 4.39 Å². The van der Waals surface area contributed by atoms with Gasteiger partial charge >= 0.3 is 0 Å². The SMILES string of the molecule is Fc1ccc(-c2ccc3ccc(-c4ccc(-c5cccc6cccnc56)cc4)cc3c2)cc1. The summed E-state index contributed by atoms with van der Waals surface area (Å²) in [5, 5.41) is 3.49. The molecule has 0 N–H and O–H groups in total. The molecular weight excluding hydrogens is 405 g/mol. The lowest BCUT2D eigenvalue weighted by molar-refractivity contribution is 0.628. The van der Waals surface area contributed by atoms with Crippen molar-refractivity contribution in [3.63, 3.8) is 0 Å². The fourth-order valence-electron chi connectivity index (χ4n) is 4.43. The Bertz CT molecular complexity index is 1590. The Hall–Kier alpha value is -4.30. The van der Waals surface area contributed by atoms with Crippen molar-refractivity contribution >= 4 is 21.7 Å². The summed E-state index contributed by atoms with van der Waals surface area (Å²) in [6, 6.07) is 38.6. The molecule has 1 nitrogen and oxygen atoms in total. The topological polar surface area (TPSA) is 12.9 Å². The summed E-state index contributed by atoms with van der Waals surface area (Å²) in [7, 11) is 0. The number of hydrogen-bond donors (Lipinski definition) is 0. The molecule has 33 heavy (non-hydrogen) atoms. The van der Waals surface area contributed by atoms with Gasteiger partial charge in [-0.05, 0) is 68.9 Å². The van der Waals surface area contributed by atoms with Crippen molar-refractivity contribution in [2.24, 2.45) is 0 Å².